The van der Waals surface area contributed by atoms with Gasteiger partial charge in [0.2, 0.25) is 11.9 Å². The number of H-pyrrole nitrogens is 1. The lowest BCUT2D eigenvalue weighted by molar-refractivity contribution is -0.119. The third-order valence-corrected chi connectivity index (χ3v) is 3.66. The predicted octanol–water partition coefficient (Wildman–Crippen LogP) is 3.22. The molecule has 3 aromatic rings. The second-order valence-corrected chi connectivity index (χ2v) is 5.58. The summed E-state index contributed by atoms with van der Waals surface area (Å²) in [7, 11) is 0. The van der Waals surface area contributed by atoms with Crippen molar-refractivity contribution < 1.29 is 9.53 Å². The highest BCUT2D eigenvalue weighted by Gasteiger charge is 2.05. The zero-order chi connectivity index (χ0) is 17.6. The molecule has 0 atom stereocenters. The maximum atomic E-state index is 11.3. The number of fused-ring (bicyclic) bond motifs is 1. The Morgan fingerprint density at radius 3 is 2.76 bits per heavy atom. The van der Waals surface area contributed by atoms with Crippen LogP contribution in [0.25, 0.3) is 10.9 Å². The molecule has 0 radical (unpaired) electrons. The number of aromatic amines is 1. The molecule has 4 N–H and O–H groups in total. The summed E-state index contributed by atoms with van der Waals surface area (Å²) >= 11 is 0. The second-order valence-electron chi connectivity index (χ2n) is 5.58. The summed E-state index contributed by atoms with van der Waals surface area (Å²) in [5.41, 5.74) is 7.75. The van der Waals surface area contributed by atoms with Gasteiger partial charge in [-0.2, -0.15) is 4.99 Å². The average Bonchev–Trinajstić information content (AvgIpc) is 3.01. The Hall–Kier alpha value is -3.28. The van der Waals surface area contributed by atoms with Crippen LogP contribution < -0.4 is 15.8 Å². The fourth-order valence-electron chi connectivity index (χ4n) is 2.38. The van der Waals surface area contributed by atoms with Crippen molar-refractivity contribution in [1.82, 2.24) is 10.3 Å². The summed E-state index contributed by atoms with van der Waals surface area (Å²) in [6.45, 7) is 2.26. The first-order valence-electron chi connectivity index (χ1n) is 8.07. The average molecular weight is 336 g/mol. The number of nitrogens with zero attached hydrogens (tertiary/aromatic N) is 1. The molecule has 6 nitrogen and oxygen atoms in total. The topological polar surface area (TPSA) is 92.5 Å². The fraction of sp³-hybridized carbons (Fsp3) is 0.158. The summed E-state index contributed by atoms with van der Waals surface area (Å²) in [6, 6.07) is 17.6. The lowest BCUT2D eigenvalue weighted by Crippen LogP contribution is -2.35. The largest absolute Gasteiger partial charge is 0.489 e. The Bertz CT molecular complexity index is 900. The zero-order valence-electron chi connectivity index (χ0n) is 14.0. The van der Waals surface area contributed by atoms with Gasteiger partial charge in [-0.05, 0) is 29.8 Å². The second kappa shape index (κ2) is 7.53. The molecule has 25 heavy (non-hydrogen) atoms. The van der Waals surface area contributed by atoms with E-state index in [4.69, 9.17) is 10.5 Å². The number of aliphatic imine (C=N–C) groups is 1. The predicted molar refractivity (Wildman–Crippen MR) is 98.8 cm³/mol. The van der Waals surface area contributed by atoms with Gasteiger partial charge in [0.25, 0.3) is 0 Å². The van der Waals surface area contributed by atoms with Crippen molar-refractivity contribution in [3.63, 3.8) is 0 Å². The number of aromatic nitrogens is 1. The molecule has 2 aromatic carbocycles. The number of carbonyl (C=O) groups excluding carboxylic acids is 1. The Morgan fingerprint density at radius 1 is 1.20 bits per heavy atom. The highest BCUT2D eigenvalue weighted by molar-refractivity contribution is 5.97. The lowest BCUT2D eigenvalue weighted by atomic mass is 10.2. The van der Waals surface area contributed by atoms with E-state index in [1.807, 2.05) is 54.6 Å². The highest BCUT2D eigenvalue weighted by atomic mass is 16.5. The van der Waals surface area contributed by atoms with Crippen LogP contribution in [0, 0.1) is 0 Å². The van der Waals surface area contributed by atoms with E-state index < -0.39 is 0 Å². The molecule has 0 bridgehead atoms. The van der Waals surface area contributed by atoms with Crippen molar-refractivity contribution in [3.05, 3.63) is 60.2 Å². The minimum absolute atomic E-state index is 0.0685. The van der Waals surface area contributed by atoms with Crippen LogP contribution in [0.4, 0.5) is 5.82 Å². The van der Waals surface area contributed by atoms with Crippen molar-refractivity contribution in [2.45, 2.75) is 20.0 Å². The van der Waals surface area contributed by atoms with Crippen LogP contribution in [0.1, 0.15) is 18.9 Å². The molecule has 1 aromatic heterocycles. The molecular weight excluding hydrogens is 316 g/mol. The van der Waals surface area contributed by atoms with Gasteiger partial charge < -0.3 is 15.5 Å². The van der Waals surface area contributed by atoms with E-state index >= 15 is 0 Å². The zero-order valence-corrected chi connectivity index (χ0v) is 14.0. The SMILES string of the molecule is CCC(=O)N/C(N)=N\c1cc2cc(OCc3ccccc3)ccc2[nH]1. The van der Waals surface area contributed by atoms with Gasteiger partial charge in [-0.1, -0.05) is 37.3 Å². The molecule has 1 amide bonds. The van der Waals surface area contributed by atoms with Gasteiger partial charge in [-0.15, -0.1) is 0 Å². The number of benzene rings is 2. The Labute approximate surface area is 145 Å². The smallest absolute Gasteiger partial charge is 0.226 e. The van der Waals surface area contributed by atoms with Crippen LogP contribution in [0.5, 0.6) is 5.75 Å². The Kier molecular flexibility index (Phi) is 4.99. The number of hydrogen-bond donors (Lipinski definition) is 3. The Morgan fingerprint density at radius 2 is 2.00 bits per heavy atom. The van der Waals surface area contributed by atoms with E-state index in [9.17, 15) is 4.79 Å². The van der Waals surface area contributed by atoms with Gasteiger partial charge in [0, 0.05) is 17.3 Å². The van der Waals surface area contributed by atoms with Crippen molar-refractivity contribution >= 4 is 28.6 Å². The molecule has 0 fully saturated rings. The van der Waals surface area contributed by atoms with E-state index in [1.165, 1.54) is 0 Å². The summed E-state index contributed by atoms with van der Waals surface area (Å²) in [4.78, 5) is 18.6. The molecule has 0 aliphatic heterocycles. The van der Waals surface area contributed by atoms with Gasteiger partial charge in [-0.25, -0.2) is 0 Å². The minimum atomic E-state index is -0.172. The van der Waals surface area contributed by atoms with Crippen LogP contribution in [0.15, 0.2) is 59.6 Å². The first kappa shape index (κ1) is 16.6. The number of carbonyl (C=O) groups is 1. The fourth-order valence-corrected chi connectivity index (χ4v) is 2.38. The molecule has 3 rings (SSSR count). The van der Waals surface area contributed by atoms with Crippen LogP contribution >= 0.6 is 0 Å². The van der Waals surface area contributed by atoms with Crippen LogP contribution in [0.2, 0.25) is 0 Å². The number of hydrogen-bond acceptors (Lipinski definition) is 3. The van der Waals surface area contributed by atoms with Gasteiger partial charge >= 0.3 is 0 Å². The van der Waals surface area contributed by atoms with Crippen molar-refractivity contribution in [2.75, 3.05) is 0 Å². The van der Waals surface area contributed by atoms with Gasteiger partial charge in [-0.3, -0.25) is 10.1 Å². The van der Waals surface area contributed by atoms with Crippen molar-refractivity contribution in [2.24, 2.45) is 10.7 Å². The van der Waals surface area contributed by atoms with E-state index in [0.717, 1.165) is 22.2 Å². The molecule has 0 saturated carbocycles. The molecule has 0 unspecified atom stereocenters. The summed E-state index contributed by atoms with van der Waals surface area (Å²) in [6.07, 6.45) is 0.352. The summed E-state index contributed by atoms with van der Waals surface area (Å²) < 4.78 is 5.83. The molecule has 6 heteroatoms. The monoisotopic (exact) mass is 336 g/mol. The molecule has 0 aliphatic rings. The van der Waals surface area contributed by atoms with Crippen LogP contribution in [-0.2, 0) is 11.4 Å². The third kappa shape index (κ3) is 4.38. The molecular formula is C19H20N4O2. The number of amides is 1. The normalized spacial score (nSPS) is 11.5. The van der Waals surface area contributed by atoms with Crippen LogP contribution in [-0.4, -0.2) is 16.9 Å². The first-order valence-corrected chi connectivity index (χ1v) is 8.07. The van der Waals surface area contributed by atoms with Crippen molar-refractivity contribution in [1.29, 1.82) is 0 Å². The van der Waals surface area contributed by atoms with Crippen molar-refractivity contribution in [3.8, 4) is 5.75 Å². The quantitative estimate of drug-likeness (QED) is 0.493. The summed E-state index contributed by atoms with van der Waals surface area (Å²) in [5.74, 6) is 1.25. The number of guanidine groups is 1. The molecule has 0 spiro atoms. The number of nitrogens with one attached hydrogen (secondary N) is 2. The summed E-state index contributed by atoms with van der Waals surface area (Å²) in [5, 5.41) is 3.47. The highest BCUT2D eigenvalue weighted by Crippen LogP contribution is 2.25. The van der Waals surface area contributed by atoms with Crippen LogP contribution in [0.3, 0.4) is 0 Å². The standard InChI is InChI=1S/C19H20N4O2/c1-2-18(24)23-19(20)22-17-11-14-10-15(8-9-16(14)21-17)25-12-13-6-4-3-5-7-13/h3-11,21H,2,12H2,1H3,(H3,20,22,23,24). The first-order chi connectivity index (χ1) is 12.1. The maximum absolute atomic E-state index is 11.3. The number of ether oxygens (including phenoxy) is 1. The van der Waals surface area contributed by atoms with E-state index in [-0.39, 0.29) is 11.9 Å². The van der Waals surface area contributed by atoms with Gasteiger partial charge in [0.1, 0.15) is 18.2 Å². The third-order valence-electron chi connectivity index (χ3n) is 3.66. The van der Waals surface area contributed by atoms with Gasteiger partial charge in [0.15, 0.2) is 0 Å². The maximum Gasteiger partial charge on any atom is 0.226 e. The minimum Gasteiger partial charge on any atom is -0.489 e. The molecule has 1 heterocycles. The van der Waals surface area contributed by atoms with E-state index in [1.54, 1.807) is 6.92 Å². The number of rotatable bonds is 5. The Balaban J connectivity index is 1.73. The molecule has 0 saturated heterocycles. The van der Waals surface area contributed by atoms with E-state index in [0.29, 0.717) is 18.8 Å². The molecule has 128 valence electrons. The van der Waals surface area contributed by atoms with E-state index in [2.05, 4.69) is 15.3 Å². The lowest BCUT2D eigenvalue weighted by Gasteiger charge is -2.06. The molecule has 0 aliphatic carbocycles. The van der Waals surface area contributed by atoms with Gasteiger partial charge in [0.05, 0.1) is 0 Å². The number of nitrogens with two attached hydrogens (primary N) is 1.